The third-order valence-electron chi connectivity index (χ3n) is 1.64. The molecule has 0 saturated heterocycles. The molecule has 0 aliphatic carbocycles. The van der Waals surface area contributed by atoms with Gasteiger partial charge >= 0.3 is 0 Å². The fourth-order valence-corrected chi connectivity index (χ4v) is 0.886. The molecule has 3 heteroatoms. The molecule has 64 valence electrons. The van der Waals surface area contributed by atoms with Gasteiger partial charge in [-0.25, -0.2) is 0 Å². The lowest BCUT2D eigenvalue weighted by atomic mass is 10.1. The Morgan fingerprint density at radius 2 is 2.50 bits per heavy atom. The highest BCUT2D eigenvalue weighted by Crippen LogP contribution is 2.03. The third-order valence-corrected chi connectivity index (χ3v) is 1.64. The molecule has 0 spiro atoms. The predicted molar refractivity (Wildman–Crippen MR) is 44.9 cm³/mol. The van der Waals surface area contributed by atoms with Gasteiger partial charge in [-0.15, -0.1) is 0 Å². The lowest BCUT2D eigenvalue weighted by molar-refractivity contribution is 0.0740. The summed E-state index contributed by atoms with van der Waals surface area (Å²) in [5, 5.41) is 9.20. The first-order valence-corrected chi connectivity index (χ1v) is 3.88. The van der Waals surface area contributed by atoms with Crippen molar-refractivity contribution in [1.29, 1.82) is 0 Å². The first-order valence-electron chi connectivity index (χ1n) is 3.88. The highest BCUT2D eigenvalue weighted by molar-refractivity contribution is 5.98. The van der Waals surface area contributed by atoms with E-state index >= 15 is 0 Å². The van der Waals surface area contributed by atoms with Gasteiger partial charge in [-0.3, -0.25) is 9.78 Å². The number of aromatic nitrogens is 1. The number of Topliss-reactive ketones (excluding diaryl/α,β-unsaturated/α-hetero) is 1. The van der Waals surface area contributed by atoms with Crippen molar-refractivity contribution in [2.75, 3.05) is 0 Å². The minimum Gasteiger partial charge on any atom is -0.385 e. The van der Waals surface area contributed by atoms with Crippen LogP contribution in [0.3, 0.4) is 0 Å². The first-order chi connectivity index (χ1) is 5.75. The molecule has 0 saturated carbocycles. The number of hydrogen-bond acceptors (Lipinski definition) is 3. The van der Waals surface area contributed by atoms with E-state index in [0.29, 0.717) is 12.0 Å². The van der Waals surface area contributed by atoms with Crippen molar-refractivity contribution in [2.24, 2.45) is 0 Å². The largest absolute Gasteiger partial charge is 0.385 e. The zero-order valence-corrected chi connectivity index (χ0v) is 6.90. The van der Waals surface area contributed by atoms with E-state index in [-0.39, 0.29) is 5.78 Å². The van der Waals surface area contributed by atoms with Crippen molar-refractivity contribution in [1.82, 2.24) is 4.98 Å². The standard InChI is InChI=1S/C9H11NO2/c1-2-8(11)9(12)7-4-3-5-10-6-7/h3-6,8,11H,2H2,1H3. The second-order valence-corrected chi connectivity index (χ2v) is 2.53. The third kappa shape index (κ3) is 1.89. The number of rotatable bonds is 3. The summed E-state index contributed by atoms with van der Waals surface area (Å²) in [6.45, 7) is 1.76. The Hall–Kier alpha value is -1.22. The van der Waals surface area contributed by atoms with E-state index in [1.54, 1.807) is 25.3 Å². The number of nitrogens with zero attached hydrogens (tertiary/aromatic N) is 1. The fraction of sp³-hybridized carbons (Fsp3) is 0.333. The summed E-state index contributed by atoms with van der Waals surface area (Å²) in [4.78, 5) is 15.1. The Balaban J connectivity index is 2.79. The molecule has 1 aromatic heterocycles. The molecule has 0 aromatic carbocycles. The number of carbonyl (C=O) groups is 1. The first kappa shape index (κ1) is 8.87. The van der Waals surface area contributed by atoms with Crippen molar-refractivity contribution in [3.8, 4) is 0 Å². The van der Waals surface area contributed by atoms with Crippen LogP contribution in [0.4, 0.5) is 0 Å². The summed E-state index contributed by atoms with van der Waals surface area (Å²) in [5.41, 5.74) is 0.465. The topological polar surface area (TPSA) is 50.2 Å². The highest BCUT2D eigenvalue weighted by atomic mass is 16.3. The minimum atomic E-state index is -0.894. The van der Waals surface area contributed by atoms with Crippen LogP contribution in [0.1, 0.15) is 23.7 Å². The van der Waals surface area contributed by atoms with Gasteiger partial charge in [0.1, 0.15) is 6.10 Å². The normalized spacial score (nSPS) is 12.5. The second-order valence-electron chi connectivity index (χ2n) is 2.53. The summed E-state index contributed by atoms with van der Waals surface area (Å²) in [5.74, 6) is -0.259. The maximum Gasteiger partial charge on any atom is 0.192 e. The summed E-state index contributed by atoms with van der Waals surface area (Å²) in [6.07, 6.45) is 2.60. The molecule has 1 heterocycles. The van der Waals surface area contributed by atoms with Gasteiger partial charge in [0.2, 0.25) is 0 Å². The smallest absolute Gasteiger partial charge is 0.192 e. The van der Waals surface area contributed by atoms with Gasteiger partial charge in [-0.2, -0.15) is 0 Å². The van der Waals surface area contributed by atoms with Crippen molar-refractivity contribution in [2.45, 2.75) is 19.4 Å². The van der Waals surface area contributed by atoms with Crippen LogP contribution in [0.25, 0.3) is 0 Å². The van der Waals surface area contributed by atoms with Gasteiger partial charge < -0.3 is 5.11 Å². The molecule has 0 amide bonds. The molecular weight excluding hydrogens is 154 g/mol. The van der Waals surface area contributed by atoms with Crippen LogP contribution in [0, 0.1) is 0 Å². The second kappa shape index (κ2) is 3.97. The number of pyridine rings is 1. The van der Waals surface area contributed by atoms with Gasteiger partial charge in [-0.1, -0.05) is 6.92 Å². The molecule has 3 nitrogen and oxygen atoms in total. The summed E-state index contributed by atoms with van der Waals surface area (Å²) in [6, 6.07) is 3.32. The van der Waals surface area contributed by atoms with E-state index in [2.05, 4.69) is 4.98 Å². The van der Waals surface area contributed by atoms with Gasteiger partial charge in [0.25, 0.3) is 0 Å². The van der Waals surface area contributed by atoms with Crippen molar-refractivity contribution in [3.63, 3.8) is 0 Å². The molecular formula is C9H11NO2. The van der Waals surface area contributed by atoms with Gasteiger partial charge in [0, 0.05) is 18.0 Å². The van der Waals surface area contributed by atoms with Crippen LogP contribution in [-0.2, 0) is 0 Å². The molecule has 1 aromatic rings. The monoisotopic (exact) mass is 165 g/mol. The summed E-state index contributed by atoms with van der Waals surface area (Å²) in [7, 11) is 0. The van der Waals surface area contributed by atoms with Crippen LogP contribution in [0.15, 0.2) is 24.5 Å². The van der Waals surface area contributed by atoms with Crippen LogP contribution in [-0.4, -0.2) is 22.0 Å². The van der Waals surface area contributed by atoms with E-state index < -0.39 is 6.10 Å². The molecule has 0 aliphatic heterocycles. The van der Waals surface area contributed by atoms with Crippen LogP contribution < -0.4 is 0 Å². The van der Waals surface area contributed by atoms with E-state index in [9.17, 15) is 9.90 Å². The van der Waals surface area contributed by atoms with Gasteiger partial charge in [0.15, 0.2) is 5.78 Å². The SMILES string of the molecule is CCC(O)C(=O)c1cccnc1. The zero-order valence-electron chi connectivity index (χ0n) is 6.90. The summed E-state index contributed by atoms with van der Waals surface area (Å²) >= 11 is 0. The van der Waals surface area contributed by atoms with Gasteiger partial charge in [-0.05, 0) is 18.6 Å². The summed E-state index contributed by atoms with van der Waals surface area (Å²) < 4.78 is 0. The lowest BCUT2D eigenvalue weighted by Crippen LogP contribution is -2.19. The Kier molecular flexibility index (Phi) is 2.94. The Morgan fingerprint density at radius 3 is 3.00 bits per heavy atom. The highest BCUT2D eigenvalue weighted by Gasteiger charge is 2.14. The van der Waals surface area contributed by atoms with E-state index in [1.807, 2.05) is 0 Å². The van der Waals surface area contributed by atoms with Crippen LogP contribution in [0.2, 0.25) is 0 Å². The zero-order chi connectivity index (χ0) is 8.97. The van der Waals surface area contributed by atoms with Crippen molar-refractivity contribution < 1.29 is 9.90 Å². The Morgan fingerprint density at radius 1 is 1.75 bits per heavy atom. The molecule has 0 radical (unpaired) electrons. The maximum atomic E-state index is 11.3. The average Bonchev–Trinajstić information content (AvgIpc) is 2.17. The predicted octanol–water partition coefficient (Wildman–Crippen LogP) is 1.04. The average molecular weight is 165 g/mol. The maximum absolute atomic E-state index is 11.3. The van der Waals surface area contributed by atoms with Crippen LogP contribution >= 0.6 is 0 Å². The van der Waals surface area contributed by atoms with E-state index in [1.165, 1.54) is 6.20 Å². The number of carbonyl (C=O) groups excluding carboxylic acids is 1. The molecule has 0 fully saturated rings. The molecule has 1 N–H and O–H groups in total. The quantitative estimate of drug-likeness (QED) is 0.681. The number of hydrogen-bond donors (Lipinski definition) is 1. The van der Waals surface area contributed by atoms with Crippen molar-refractivity contribution >= 4 is 5.78 Å². The van der Waals surface area contributed by atoms with E-state index in [0.717, 1.165) is 0 Å². The molecule has 12 heavy (non-hydrogen) atoms. The minimum absolute atomic E-state index is 0.259. The van der Waals surface area contributed by atoms with Crippen LogP contribution in [0.5, 0.6) is 0 Å². The molecule has 0 aliphatic rings. The Labute approximate surface area is 71.1 Å². The molecule has 1 unspecified atom stereocenters. The van der Waals surface area contributed by atoms with Gasteiger partial charge in [0.05, 0.1) is 0 Å². The Bertz CT molecular complexity index is 258. The number of aliphatic hydroxyl groups excluding tert-OH is 1. The molecule has 1 rings (SSSR count). The van der Waals surface area contributed by atoms with E-state index in [4.69, 9.17) is 0 Å². The molecule has 0 bridgehead atoms. The fourth-order valence-electron chi connectivity index (χ4n) is 0.886. The number of ketones is 1. The molecule has 1 atom stereocenters. The number of aliphatic hydroxyl groups is 1. The lowest BCUT2D eigenvalue weighted by Gasteiger charge is -2.04. The van der Waals surface area contributed by atoms with Crippen molar-refractivity contribution in [3.05, 3.63) is 30.1 Å².